The number of methoxy groups -OCH3 is 1. The molecule has 47 heavy (non-hydrogen) atoms. The molecule has 1 unspecified atom stereocenters. The second-order valence-corrected chi connectivity index (χ2v) is 13.8. The van der Waals surface area contributed by atoms with Crippen LogP contribution in [-0.2, 0) is 37.5 Å². The highest BCUT2D eigenvalue weighted by atomic mass is 16.5. The molecule has 3 aliphatic heterocycles. The molecule has 1 saturated carbocycles. The Morgan fingerprint density at radius 1 is 1.13 bits per heavy atom. The molecule has 2 N–H and O–H groups in total. The van der Waals surface area contributed by atoms with Crippen LogP contribution in [0.5, 0.6) is 5.75 Å². The summed E-state index contributed by atoms with van der Waals surface area (Å²) in [7, 11) is 1.68. The number of aromatic nitrogens is 2. The van der Waals surface area contributed by atoms with Gasteiger partial charge in [-0.1, -0.05) is 31.7 Å². The number of ether oxygens (including phenoxy) is 2. The number of pyridine rings is 1. The maximum Gasteiger partial charge on any atom is 0.228 e. The third kappa shape index (κ3) is 6.12. The molecule has 250 valence electrons. The van der Waals surface area contributed by atoms with Crippen molar-refractivity contribution in [3.8, 4) is 5.75 Å². The van der Waals surface area contributed by atoms with Crippen LogP contribution in [0, 0.1) is 17.8 Å². The van der Waals surface area contributed by atoms with E-state index in [2.05, 4.69) is 21.4 Å². The predicted molar refractivity (Wildman–Crippen MR) is 178 cm³/mol. The molecule has 3 atom stereocenters. The Morgan fingerprint density at radius 2 is 1.96 bits per heavy atom. The number of aromatic amines is 1. The first-order chi connectivity index (χ1) is 23.0. The smallest absolute Gasteiger partial charge is 0.228 e. The second-order valence-electron chi connectivity index (χ2n) is 13.8. The van der Waals surface area contributed by atoms with E-state index in [1.165, 1.54) is 31.2 Å². The van der Waals surface area contributed by atoms with E-state index in [9.17, 15) is 14.4 Å². The number of carbonyl (C=O) groups excluding carboxylic acids is 3. The van der Waals surface area contributed by atoms with Gasteiger partial charge in [-0.2, -0.15) is 0 Å². The third-order valence-electron chi connectivity index (χ3n) is 11.2. The van der Waals surface area contributed by atoms with Crippen molar-refractivity contribution in [3.63, 3.8) is 0 Å². The Morgan fingerprint density at radius 3 is 2.72 bits per heavy atom. The molecule has 4 aliphatic rings. The SMILES string of the molecule is COc1ccc2[nH]c3c(c2c1)CCN1C(=O)C(CC(=O)NCCc2ccccn2)C[C@H](C(=O)N2CCOCC2)[C@@]31CCC1CCCC1. The summed E-state index contributed by atoms with van der Waals surface area (Å²) in [6.45, 7) is 3.06. The van der Waals surface area contributed by atoms with Crippen molar-refractivity contribution in [2.75, 3.05) is 46.5 Å². The maximum absolute atomic E-state index is 14.8. The Kier molecular flexibility index (Phi) is 9.21. The molecule has 3 fully saturated rings. The van der Waals surface area contributed by atoms with Crippen molar-refractivity contribution < 1.29 is 23.9 Å². The van der Waals surface area contributed by atoms with Gasteiger partial charge in [0, 0.05) is 73.4 Å². The minimum Gasteiger partial charge on any atom is -0.497 e. The lowest BCUT2D eigenvalue weighted by Gasteiger charge is -2.56. The molecule has 7 rings (SSSR count). The zero-order valence-electron chi connectivity index (χ0n) is 27.5. The lowest BCUT2D eigenvalue weighted by molar-refractivity contribution is -0.169. The highest BCUT2D eigenvalue weighted by Gasteiger charge is 2.59. The third-order valence-corrected chi connectivity index (χ3v) is 11.2. The van der Waals surface area contributed by atoms with Crippen LogP contribution in [0.3, 0.4) is 0 Å². The number of benzene rings is 1. The number of H-pyrrole nitrogens is 1. The van der Waals surface area contributed by atoms with E-state index in [1.54, 1.807) is 13.3 Å². The van der Waals surface area contributed by atoms with E-state index < -0.39 is 17.4 Å². The molecule has 5 heterocycles. The number of nitrogens with zero attached hydrogens (tertiary/aromatic N) is 3. The number of carbonyl (C=O) groups is 3. The average molecular weight is 642 g/mol. The standard InChI is InChI=1S/C37H47N5O5/c1-46-28-9-10-32-30(24-28)29-13-17-42-35(44)26(23-33(43)39-16-12-27-8-4-5-15-38-27)22-31(36(45)41-18-20-47-21-19-41)37(42,34(29)40-32)14-11-25-6-2-3-7-25/h4-5,8-10,15,24-26,31,40H,2-3,6-7,11-14,16-23H2,1H3,(H,39,43)/t26?,31-,37+/m1/s1. The predicted octanol–water partition coefficient (Wildman–Crippen LogP) is 4.37. The van der Waals surface area contributed by atoms with Crippen LogP contribution < -0.4 is 10.1 Å². The van der Waals surface area contributed by atoms with E-state index in [4.69, 9.17) is 9.47 Å². The van der Waals surface area contributed by atoms with Gasteiger partial charge in [0.25, 0.3) is 0 Å². The van der Waals surface area contributed by atoms with Crippen LogP contribution in [-0.4, -0.2) is 84.0 Å². The van der Waals surface area contributed by atoms with Crippen LogP contribution in [0.1, 0.15) is 68.3 Å². The lowest BCUT2D eigenvalue weighted by Crippen LogP contribution is -2.66. The van der Waals surface area contributed by atoms with E-state index in [0.717, 1.165) is 40.9 Å². The summed E-state index contributed by atoms with van der Waals surface area (Å²) in [6.07, 6.45) is 10.0. The minimum absolute atomic E-state index is 0.00999. The van der Waals surface area contributed by atoms with Gasteiger partial charge in [0.1, 0.15) is 5.75 Å². The first-order valence-corrected chi connectivity index (χ1v) is 17.5. The number of amides is 3. The second kappa shape index (κ2) is 13.7. The van der Waals surface area contributed by atoms with Gasteiger partial charge in [-0.05, 0) is 67.5 Å². The zero-order chi connectivity index (χ0) is 32.4. The van der Waals surface area contributed by atoms with E-state index in [0.29, 0.717) is 64.6 Å². The molecule has 0 radical (unpaired) electrons. The van der Waals surface area contributed by atoms with Gasteiger partial charge in [-0.15, -0.1) is 0 Å². The topological polar surface area (TPSA) is 117 Å². The largest absolute Gasteiger partial charge is 0.497 e. The number of hydrogen-bond donors (Lipinski definition) is 2. The fourth-order valence-corrected chi connectivity index (χ4v) is 8.82. The first-order valence-electron chi connectivity index (χ1n) is 17.5. The molecule has 3 amide bonds. The van der Waals surface area contributed by atoms with Gasteiger partial charge < -0.3 is 29.6 Å². The molecule has 2 aromatic heterocycles. The van der Waals surface area contributed by atoms with Crippen molar-refractivity contribution in [1.82, 2.24) is 25.1 Å². The fourth-order valence-electron chi connectivity index (χ4n) is 8.82. The number of hydrogen-bond acceptors (Lipinski definition) is 6. The van der Waals surface area contributed by atoms with Gasteiger partial charge >= 0.3 is 0 Å². The van der Waals surface area contributed by atoms with Crippen molar-refractivity contribution in [3.05, 3.63) is 59.5 Å². The first kappa shape index (κ1) is 31.7. The van der Waals surface area contributed by atoms with Gasteiger partial charge in [0.05, 0.1) is 31.8 Å². The Labute approximate surface area is 276 Å². The van der Waals surface area contributed by atoms with Gasteiger partial charge in [-0.3, -0.25) is 19.4 Å². The van der Waals surface area contributed by atoms with Crippen LogP contribution in [0.4, 0.5) is 0 Å². The molecule has 1 aromatic carbocycles. The lowest BCUT2D eigenvalue weighted by atomic mass is 9.64. The number of fused-ring (bicyclic) bond motifs is 5. The summed E-state index contributed by atoms with van der Waals surface area (Å²) in [5.41, 5.74) is 3.28. The van der Waals surface area contributed by atoms with Crippen molar-refractivity contribution >= 4 is 28.6 Å². The van der Waals surface area contributed by atoms with Crippen molar-refractivity contribution in [2.24, 2.45) is 17.8 Å². The number of piperidine rings is 1. The molecular formula is C37H47N5O5. The zero-order valence-corrected chi connectivity index (χ0v) is 27.5. The summed E-state index contributed by atoms with van der Waals surface area (Å²) < 4.78 is 11.2. The maximum atomic E-state index is 14.8. The van der Waals surface area contributed by atoms with E-state index in [1.807, 2.05) is 40.1 Å². The molecule has 2 saturated heterocycles. The molecular weight excluding hydrogens is 594 g/mol. The Balaban J connectivity index is 1.24. The summed E-state index contributed by atoms with van der Waals surface area (Å²) in [4.78, 5) is 54.8. The Hall–Kier alpha value is -3.92. The highest BCUT2D eigenvalue weighted by molar-refractivity contribution is 5.93. The minimum atomic E-state index is -0.805. The summed E-state index contributed by atoms with van der Waals surface area (Å²) in [5.74, 6) is 0.247. The molecule has 10 heteroatoms. The quantitative estimate of drug-likeness (QED) is 0.340. The van der Waals surface area contributed by atoms with Crippen LogP contribution in [0.25, 0.3) is 10.9 Å². The van der Waals surface area contributed by atoms with Crippen LogP contribution in [0.2, 0.25) is 0 Å². The Bertz CT molecular complexity index is 1600. The highest BCUT2D eigenvalue weighted by Crippen LogP contribution is 2.54. The van der Waals surface area contributed by atoms with Gasteiger partial charge in [-0.25, -0.2) is 0 Å². The van der Waals surface area contributed by atoms with E-state index in [-0.39, 0.29) is 24.1 Å². The molecule has 0 spiro atoms. The van der Waals surface area contributed by atoms with Crippen molar-refractivity contribution in [2.45, 2.75) is 69.7 Å². The summed E-state index contributed by atoms with van der Waals surface area (Å²) >= 11 is 0. The summed E-state index contributed by atoms with van der Waals surface area (Å²) in [6, 6.07) is 11.8. The van der Waals surface area contributed by atoms with Gasteiger partial charge in [0.15, 0.2) is 0 Å². The number of rotatable bonds is 10. The van der Waals surface area contributed by atoms with Gasteiger partial charge in [0.2, 0.25) is 17.7 Å². The normalized spacial score (nSPS) is 24.7. The van der Waals surface area contributed by atoms with Crippen molar-refractivity contribution in [1.29, 1.82) is 0 Å². The fraction of sp³-hybridized carbons (Fsp3) is 0.568. The van der Waals surface area contributed by atoms with E-state index >= 15 is 0 Å². The molecule has 10 nitrogen and oxygen atoms in total. The van der Waals surface area contributed by atoms with Crippen LogP contribution in [0.15, 0.2) is 42.6 Å². The average Bonchev–Trinajstić information content (AvgIpc) is 3.77. The number of nitrogens with one attached hydrogen (secondary N) is 2. The van der Waals surface area contributed by atoms with Crippen LogP contribution >= 0.6 is 0 Å². The molecule has 0 bridgehead atoms. The monoisotopic (exact) mass is 641 g/mol. The molecule has 1 aliphatic carbocycles. The molecule has 3 aromatic rings. The number of morpholine rings is 1. The summed E-state index contributed by atoms with van der Waals surface area (Å²) in [5, 5.41) is 4.11.